The average Bonchev–Trinajstić information content (AvgIpc) is 2.48. The summed E-state index contributed by atoms with van der Waals surface area (Å²) in [6.45, 7) is 1.98. The molecule has 21 heavy (non-hydrogen) atoms. The van der Waals surface area contributed by atoms with Gasteiger partial charge in [-0.05, 0) is 29.5 Å². The number of hydrogen-bond donors (Lipinski definition) is 1. The van der Waals surface area contributed by atoms with Crippen LogP contribution in [0.25, 0.3) is 21.9 Å². The molecule has 5 nitrogen and oxygen atoms in total. The fourth-order valence-electron chi connectivity index (χ4n) is 2.46. The van der Waals surface area contributed by atoms with Gasteiger partial charge >= 0.3 is 0 Å². The van der Waals surface area contributed by atoms with E-state index in [1.165, 1.54) is 12.1 Å². The van der Waals surface area contributed by atoms with Crippen molar-refractivity contribution < 1.29 is 4.92 Å². The summed E-state index contributed by atoms with van der Waals surface area (Å²) in [6.07, 6.45) is 1.65. The molecular formula is C16H12N2O3. The highest BCUT2D eigenvalue weighted by Crippen LogP contribution is 2.30. The fraction of sp³-hybridized carbons (Fsp3) is 0.0625. The lowest BCUT2D eigenvalue weighted by Crippen LogP contribution is -2.06. The van der Waals surface area contributed by atoms with Gasteiger partial charge in [-0.2, -0.15) is 0 Å². The van der Waals surface area contributed by atoms with Crippen LogP contribution < -0.4 is 5.56 Å². The van der Waals surface area contributed by atoms with Crippen molar-refractivity contribution in [3.8, 4) is 11.1 Å². The van der Waals surface area contributed by atoms with Crippen LogP contribution in [0.2, 0.25) is 0 Å². The van der Waals surface area contributed by atoms with Crippen molar-refractivity contribution in [2.75, 3.05) is 0 Å². The first-order chi connectivity index (χ1) is 10.1. The smallest absolute Gasteiger partial charge is 0.270 e. The zero-order valence-corrected chi connectivity index (χ0v) is 11.3. The molecule has 0 saturated heterocycles. The monoisotopic (exact) mass is 280 g/mol. The minimum atomic E-state index is -0.501. The highest BCUT2D eigenvalue weighted by molar-refractivity contribution is 5.97. The van der Waals surface area contributed by atoms with Gasteiger partial charge < -0.3 is 4.98 Å². The van der Waals surface area contributed by atoms with Crippen molar-refractivity contribution in [3.05, 3.63) is 74.7 Å². The molecule has 0 aliphatic rings. The normalized spacial score (nSPS) is 10.7. The maximum Gasteiger partial charge on any atom is 0.270 e. The summed E-state index contributed by atoms with van der Waals surface area (Å²) < 4.78 is 0. The van der Waals surface area contributed by atoms with Crippen LogP contribution in [-0.2, 0) is 0 Å². The number of nitro groups is 1. The minimum absolute atomic E-state index is 0.0880. The first-order valence-corrected chi connectivity index (χ1v) is 6.44. The molecule has 0 fully saturated rings. The molecule has 5 heteroatoms. The van der Waals surface area contributed by atoms with Crippen LogP contribution in [0.15, 0.2) is 53.5 Å². The van der Waals surface area contributed by atoms with E-state index in [0.29, 0.717) is 10.8 Å². The maximum absolute atomic E-state index is 11.9. The Hall–Kier alpha value is -2.95. The molecule has 3 rings (SSSR count). The summed E-state index contributed by atoms with van der Waals surface area (Å²) in [4.78, 5) is 25.0. The quantitative estimate of drug-likeness (QED) is 0.577. The predicted molar refractivity (Wildman–Crippen MR) is 81.4 cm³/mol. The van der Waals surface area contributed by atoms with Gasteiger partial charge in [0.2, 0.25) is 0 Å². The second kappa shape index (κ2) is 4.86. The van der Waals surface area contributed by atoms with Crippen molar-refractivity contribution in [2.45, 2.75) is 6.92 Å². The molecule has 0 atom stereocenters. The van der Waals surface area contributed by atoms with Crippen LogP contribution in [0.5, 0.6) is 0 Å². The number of aromatic amines is 1. The molecule has 104 valence electrons. The molecule has 0 bridgehead atoms. The Balaban J connectivity index is 2.36. The Labute approximate surface area is 120 Å². The van der Waals surface area contributed by atoms with Crippen LogP contribution in [0, 0.1) is 17.0 Å². The van der Waals surface area contributed by atoms with Crippen LogP contribution in [-0.4, -0.2) is 9.91 Å². The van der Waals surface area contributed by atoms with Crippen molar-refractivity contribution in [3.63, 3.8) is 0 Å². The van der Waals surface area contributed by atoms with E-state index in [9.17, 15) is 14.9 Å². The standard InChI is InChI=1S/C16H12N2O3/c1-10-4-2-3-5-12(10)15-9-17-16(19)14-8-11(18(20)21)6-7-13(14)15/h2-9H,1H3,(H,17,19). The van der Waals surface area contributed by atoms with E-state index in [4.69, 9.17) is 0 Å². The van der Waals surface area contributed by atoms with Gasteiger partial charge in [0.05, 0.1) is 10.3 Å². The van der Waals surface area contributed by atoms with Crippen LogP contribution in [0.1, 0.15) is 5.56 Å². The van der Waals surface area contributed by atoms with Crippen molar-refractivity contribution in [1.29, 1.82) is 0 Å². The first-order valence-electron chi connectivity index (χ1n) is 6.44. The van der Waals surface area contributed by atoms with Gasteiger partial charge in [-0.3, -0.25) is 14.9 Å². The number of non-ortho nitro benzene ring substituents is 1. The molecule has 1 N–H and O–H groups in total. The zero-order chi connectivity index (χ0) is 15.0. The molecule has 3 aromatic rings. The largest absolute Gasteiger partial charge is 0.328 e. The van der Waals surface area contributed by atoms with Gasteiger partial charge in [0.1, 0.15) is 0 Å². The molecule has 0 unspecified atom stereocenters. The van der Waals surface area contributed by atoms with Gasteiger partial charge in [0.15, 0.2) is 0 Å². The average molecular weight is 280 g/mol. The lowest BCUT2D eigenvalue weighted by molar-refractivity contribution is -0.384. The van der Waals surface area contributed by atoms with Crippen molar-refractivity contribution >= 4 is 16.5 Å². The number of aromatic nitrogens is 1. The summed E-state index contributed by atoms with van der Waals surface area (Å²) in [5.41, 5.74) is 2.51. The number of hydrogen-bond acceptors (Lipinski definition) is 3. The van der Waals surface area contributed by atoms with E-state index >= 15 is 0 Å². The van der Waals surface area contributed by atoms with Crippen molar-refractivity contribution in [1.82, 2.24) is 4.98 Å². The van der Waals surface area contributed by atoms with E-state index in [1.807, 2.05) is 31.2 Å². The summed E-state index contributed by atoms with van der Waals surface area (Å²) in [5, 5.41) is 11.9. The van der Waals surface area contributed by atoms with Crippen molar-refractivity contribution in [2.24, 2.45) is 0 Å². The molecule has 0 aliphatic carbocycles. The predicted octanol–water partition coefficient (Wildman–Crippen LogP) is 3.41. The molecule has 0 amide bonds. The van der Waals surface area contributed by atoms with Crippen LogP contribution in [0.4, 0.5) is 5.69 Å². The Morgan fingerprint density at radius 3 is 2.52 bits per heavy atom. The Morgan fingerprint density at radius 1 is 1.05 bits per heavy atom. The summed E-state index contributed by atoms with van der Waals surface area (Å²) in [5.74, 6) is 0. The topological polar surface area (TPSA) is 76.0 Å². The van der Waals surface area contributed by atoms with Gasteiger partial charge in [0.25, 0.3) is 11.2 Å². The number of nitrogens with zero attached hydrogens (tertiary/aromatic N) is 1. The van der Waals surface area contributed by atoms with E-state index < -0.39 is 4.92 Å². The van der Waals surface area contributed by atoms with Gasteiger partial charge in [0, 0.05) is 23.9 Å². The minimum Gasteiger partial charge on any atom is -0.328 e. The number of nitro benzene ring substituents is 1. The maximum atomic E-state index is 11.9. The molecule has 1 heterocycles. The molecule has 0 radical (unpaired) electrons. The van der Waals surface area contributed by atoms with Crippen LogP contribution >= 0.6 is 0 Å². The van der Waals surface area contributed by atoms with E-state index in [2.05, 4.69) is 4.98 Å². The third-order valence-electron chi connectivity index (χ3n) is 3.53. The highest BCUT2D eigenvalue weighted by atomic mass is 16.6. The summed E-state index contributed by atoms with van der Waals surface area (Å²) >= 11 is 0. The second-order valence-electron chi connectivity index (χ2n) is 4.83. The fourth-order valence-corrected chi connectivity index (χ4v) is 2.46. The summed E-state index contributed by atoms with van der Waals surface area (Å²) in [6, 6.07) is 12.2. The van der Waals surface area contributed by atoms with E-state index in [1.54, 1.807) is 12.3 Å². The number of H-pyrrole nitrogens is 1. The van der Waals surface area contributed by atoms with E-state index in [0.717, 1.165) is 16.7 Å². The lowest BCUT2D eigenvalue weighted by atomic mass is 9.97. The Kier molecular flexibility index (Phi) is 3.02. The SMILES string of the molecule is Cc1ccccc1-c1c[nH]c(=O)c2cc([N+](=O)[O-])ccc12. The number of rotatable bonds is 2. The first kappa shape index (κ1) is 13.1. The third-order valence-corrected chi connectivity index (χ3v) is 3.53. The molecule has 2 aromatic carbocycles. The Bertz CT molecular complexity index is 913. The molecular weight excluding hydrogens is 268 g/mol. The summed E-state index contributed by atoms with van der Waals surface area (Å²) in [7, 11) is 0. The number of aryl methyl sites for hydroxylation is 1. The number of nitrogens with one attached hydrogen (secondary N) is 1. The van der Waals surface area contributed by atoms with Crippen LogP contribution in [0.3, 0.4) is 0 Å². The van der Waals surface area contributed by atoms with Gasteiger partial charge in [-0.15, -0.1) is 0 Å². The lowest BCUT2D eigenvalue weighted by Gasteiger charge is -2.09. The number of fused-ring (bicyclic) bond motifs is 1. The molecule has 0 saturated carbocycles. The third kappa shape index (κ3) is 2.18. The van der Waals surface area contributed by atoms with E-state index in [-0.39, 0.29) is 11.2 Å². The molecule has 1 aromatic heterocycles. The highest BCUT2D eigenvalue weighted by Gasteiger charge is 2.13. The molecule has 0 aliphatic heterocycles. The Morgan fingerprint density at radius 2 is 1.81 bits per heavy atom. The van der Waals surface area contributed by atoms with Gasteiger partial charge in [-0.1, -0.05) is 24.3 Å². The molecule has 0 spiro atoms. The number of benzene rings is 2. The van der Waals surface area contributed by atoms with Gasteiger partial charge in [-0.25, -0.2) is 0 Å². The zero-order valence-electron chi connectivity index (χ0n) is 11.3. The number of pyridine rings is 1. The second-order valence-corrected chi connectivity index (χ2v) is 4.83.